The number of anilines is 2. The molecule has 1 fully saturated rings. The van der Waals surface area contributed by atoms with E-state index in [9.17, 15) is 4.21 Å². The summed E-state index contributed by atoms with van der Waals surface area (Å²) in [5.41, 5.74) is 0. The molecule has 0 amide bonds. The van der Waals surface area contributed by atoms with Gasteiger partial charge in [-0.05, 0) is 12.8 Å². The number of aromatic nitrogens is 2. The molecule has 0 aromatic carbocycles. The molecular weight excluding hydrogens is 224 g/mol. The predicted molar refractivity (Wildman–Crippen MR) is 66.1 cm³/mol. The fourth-order valence-electron chi connectivity index (χ4n) is 1.72. The van der Waals surface area contributed by atoms with Crippen molar-refractivity contribution in [3.8, 4) is 0 Å². The summed E-state index contributed by atoms with van der Waals surface area (Å²) in [6, 6.07) is 2.27. The van der Waals surface area contributed by atoms with Gasteiger partial charge in [-0.2, -0.15) is 0 Å². The average Bonchev–Trinajstić information content (AvgIpc) is 2.32. The summed E-state index contributed by atoms with van der Waals surface area (Å²) in [5, 5.41) is 6.32. The molecule has 6 heteroatoms. The maximum Gasteiger partial charge on any atom is 0.131 e. The first kappa shape index (κ1) is 11.3. The second-order valence-corrected chi connectivity index (χ2v) is 5.50. The highest BCUT2D eigenvalue weighted by atomic mass is 32.2. The molecule has 1 aliphatic heterocycles. The lowest BCUT2D eigenvalue weighted by Crippen LogP contribution is -2.29. The average molecular weight is 240 g/mol. The molecular formula is C10H16N4OS. The van der Waals surface area contributed by atoms with E-state index in [2.05, 4.69) is 20.6 Å². The van der Waals surface area contributed by atoms with Gasteiger partial charge < -0.3 is 10.6 Å². The Labute approximate surface area is 97.5 Å². The SMILES string of the molecule is CNc1cc(NC2CCS(=O)CC2)ncn1. The van der Waals surface area contributed by atoms with Crippen molar-refractivity contribution in [2.75, 3.05) is 29.2 Å². The van der Waals surface area contributed by atoms with Crippen LogP contribution in [0.25, 0.3) is 0 Å². The van der Waals surface area contributed by atoms with E-state index in [4.69, 9.17) is 0 Å². The molecule has 0 spiro atoms. The van der Waals surface area contributed by atoms with Crippen molar-refractivity contribution in [2.45, 2.75) is 18.9 Å². The van der Waals surface area contributed by atoms with Crippen LogP contribution in [-0.4, -0.2) is 38.8 Å². The predicted octanol–water partition coefficient (Wildman–Crippen LogP) is 0.841. The third-order valence-electron chi connectivity index (χ3n) is 2.66. The molecule has 1 saturated heterocycles. The standard InChI is InChI=1S/C10H16N4OS/c1-11-9-6-10(13-7-12-9)14-8-2-4-16(15)5-3-8/h6-8H,2-5H2,1H3,(H2,11,12,13,14). The van der Waals surface area contributed by atoms with Gasteiger partial charge >= 0.3 is 0 Å². The first-order valence-corrected chi connectivity index (χ1v) is 6.88. The molecule has 0 atom stereocenters. The van der Waals surface area contributed by atoms with Crippen LogP contribution in [0.15, 0.2) is 12.4 Å². The second kappa shape index (κ2) is 5.25. The van der Waals surface area contributed by atoms with Gasteiger partial charge in [0.2, 0.25) is 0 Å². The van der Waals surface area contributed by atoms with E-state index in [1.807, 2.05) is 13.1 Å². The van der Waals surface area contributed by atoms with E-state index in [-0.39, 0.29) is 0 Å². The minimum atomic E-state index is -0.610. The van der Waals surface area contributed by atoms with E-state index in [0.29, 0.717) is 6.04 Å². The molecule has 16 heavy (non-hydrogen) atoms. The summed E-state index contributed by atoms with van der Waals surface area (Å²) in [7, 11) is 1.22. The van der Waals surface area contributed by atoms with Crippen LogP contribution in [0.2, 0.25) is 0 Å². The van der Waals surface area contributed by atoms with Gasteiger partial charge in [-0.3, -0.25) is 4.21 Å². The third-order valence-corrected chi connectivity index (χ3v) is 4.05. The molecule has 1 aliphatic rings. The molecule has 0 unspecified atom stereocenters. The lowest BCUT2D eigenvalue weighted by molar-refractivity contribution is 0.622. The zero-order valence-corrected chi connectivity index (χ0v) is 10.1. The largest absolute Gasteiger partial charge is 0.373 e. The molecule has 88 valence electrons. The van der Waals surface area contributed by atoms with Gasteiger partial charge in [-0.25, -0.2) is 9.97 Å². The van der Waals surface area contributed by atoms with Crippen LogP contribution in [0.1, 0.15) is 12.8 Å². The number of nitrogens with one attached hydrogen (secondary N) is 2. The Bertz CT molecular complexity index is 375. The Morgan fingerprint density at radius 1 is 1.31 bits per heavy atom. The van der Waals surface area contributed by atoms with Crippen molar-refractivity contribution in [1.82, 2.24) is 9.97 Å². The summed E-state index contributed by atoms with van der Waals surface area (Å²) < 4.78 is 11.2. The van der Waals surface area contributed by atoms with Gasteiger partial charge in [-0.15, -0.1) is 0 Å². The molecule has 2 heterocycles. The number of rotatable bonds is 3. The molecule has 1 aromatic rings. The molecule has 0 radical (unpaired) electrons. The van der Waals surface area contributed by atoms with Gasteiger partial charge in [0.1, 0.15) is 18.0 Å². The summed E-state index contributed by atoms with van der Waals surface area (Å²) in [4.78, 5) is 8.21. The number of hydrogen-bond acceptors (Lipinski definition) is 5. The van der Waals surface area contributed by atoms with Crippen molar-refractivity contribution in [3.63, 3.8) is 0 Å². The van der Waals surface area contributed by atoms with Crippen molar-refractivity contribution in [1.29, 1.82) is 0 Å². The summed E-state index contributed by atoms with van der Waals surface area (Å²) in [6.45, 7) is 0. The first-order valence-electron chi connectivity index (χ1n) is 5.39. The van der Waals surface area contributed by atoms with Crippen LogP contribution >= 0.6 is 0 Å². The topological polar surface area (TPSA) is 66.9 Å². The Morgan fingerprint density at radius 2 is 2.00 bits per heavy atom. The first-order chi connectivity index (χ1) is 7.78. The number of nitrogens with zero attached hydrogens (tertiary/aromatic N) is 2. The molecule has 0 bridgehead atoms. The molecule has 2 N–H and O–H groups in total. The second-order valence-electron chi connectivity index (χ2n) is 3.81. The van der Waals surface area contributed by atoms with Gasteiger partial charge in [0, 0.05) is 41.5 Å². The van der Waals surface area contributed by atoms with E-state index >= 15 is 0 Å². The maximum absolute atomic E-state index is 11.2. The molecule has 5 nitrogen and oxygen atoms in total. The summed E-state index contributed by atoms with van der Waals surface area (Å²) >= 11 is 0. The van der Waals surface area contributed by atoms with Crippen LogP contribution in [0.4, 0.5) is 11.6 Å². The van der Waals surface area contributed by atoms with E-state index in [1.54, 1.807) is 0 Å². The van der Waals surface area contributed by atoms with Crippen LogP contribution in [-0.2, 0) is 10.8 Å². The van der Waals surface area contributed by atoms with E-state index in [1.165, 1.54) is 6.33 Å². The smallest absolute Gasteiger partial charge is 0.131 e. The molecule has 0 saturated carbocycles. The molecule has 0 aliphatic carbocycles. The van der Waals surface area contributed by atoms with Crippen molar-refractivity contribution in [2.24, 2.45) is 0 Å². The summed E-state index contributed by atoms with van der Waals surface area (Å²) in [5.74, 6) is 3.22. The van der Waals surface area contributed by atoms with Crippen LogP contribution in [0.5, 0.6) is 0 Å². The van der Waals surface area contributed by atoms with Gasteiger partial charge in [-0.1, -0.05) is 0 Å². The van der Waals surface area contributed by atoms with Gasteiger partial charge in [0.05, 0.1) is 0 Å². The van der Waals surface area contributed by atoms with E-state index in [0.717, 1.165) is 36.0 Å². The highest BCUT2D eigenvalue weighted by Crippen LogP contribution is 2.15. The third kappa shape index (κ3) is 2.91. The maximum atomic E-state index is 11.2. The lowest BCUT2D eigenvalue weighted by Gasteiger charge is -2.22. The normalized spacial score (nSPS) is 25.1. The highest BCUT2D eigenvalue weighted by Gasteiger charge is 2.17. The monoisotopic (exact) mass is 240 g/mol. The Balaban J connectivity index is 1.95. The fraction of sp³-hybridized carbons (Fsp3) is 0.600. The Morgan fingerprint density at radius 3 is 2.69 bits per heavy atom. The zero-order valence-electron chi connectivity index (χ0n) is 9.27. The van der Waals surface area contributed by atoms with Crippen molar-refractivity contribution < 1.29 is 4.21 Å². The van der Waals surface area contributed by atoms with Crippen molar-refractivity contribution in [3.05, 3.63) is 12.4 Å². The van der Waals surface area contributed by atoms with Crippen molar-refractivity contribution >= 4 is 22.4 Å². The number of hydrogen-bond donors (Lipinski definition) is 2. The minimum Gasteiger partial charge on any atom is -0.373 e. The summed E-state index contributed by atoms with van der Waals surface area (Å²) in [6.07, 6.45) is 3.44. The molecule has 1 aromatic heterocycles. The van der Waals surface area contributed by atoms with Gasteiger partial charge in [0.15, 0.2) is 0 Å². The minimum absolute atomic E-state index is 0.386. The quantitative estimate of drug-likeness (QED) is 0.819. The Hall–Kier alpha value is -1.17. The van der Waals surface area contributed by atoms with Gasteiger partial charge in [0.25, 0.3) is 0 Å². The lowest BCUT2D eigenvalue weighted by atomic mass is 10.1. The Kier molecular flexibility index (Phi) is 3.71. The van der Waals surface area contributed by atoms with E-state index < -0.39 is 10.8 Å². The zero-order chi connectivity index (χ0) is 11.4. The van der Waals surface area contributed by atoms with Crippen LogP contribution in [0.3, 0.4) is 0 Å². The molecule has 2 rings (SSSR count). The fourth-order valence-corrected chi connectivity index (χ4v) is 3.02. The van der Waals surface area contributed by atoms with Crippen LogP contribution < -0.4 is 10.6 Å². The van der Waals surface area contributed by atoms with Crippen LogP contribution in [0, 0.1) is 0 Å². The highest BCUT2D eigenvalue weighted by molar-refractivity contribution is 7.85.